The van der Waals surface area contributed by atoms with Crippen LogP contribution in [0.4, 0.5) is 14.5 Å². The number of ether oxygens (including phenoxy) is 3. The van der Waals surface area contributed by atoms with E-state index in [4.69, 9.17) is 14.2 Å². The van der Waals surface area contributed by atoms with E-state index in [9.17, 15) is 13.6 Å². The number of anilines is 1. The molecule has 0 aromatic heterocycles. The number of para-hydroxylation sites is 1. The SMILES string of the molecule is COc1cc(/C=C/c2ccccc2NC(=O)/C=C/c2ccc(F)c(F)c2)cc(OC)c1OC. The minimum Gasteiger partial charge on any atom is -0.493 e. The van der Waals surface area contributed by atoms with Crippen LogP contribution in [0.5, 0.6) is 17.2 Å². The van der Waals surface area contributed by atoms with Crippen molar-refractivity contribution in [2.24, 2.45) is 0 Å². The molecule has 1 N–H and O–H groups in total. The molecule has 0 aliphatic rings. The third-order valence-electron chi connectivity index (χ3n) is 4.73. The van der Waals surface area contributed by atoms with Crippen molar-refractivity contribution in [1.29, 1.82) is 0 Å². The summed E-state index contributed by atoms with van der Waals surface area (Å²) in [6, 6.07) is 14.3. The van der Waals surface area contributed by atoms with Crippen molar-refractivity contribution in [2.45, 2.75) is 0 Å². The second-order valence-corrected chi connectivity index (χ2v) is 6.88. The topological polar surface area (TPSA) is 56.8 Å². The second-order valence-electron chi connectivity index (χ2n) is 6.88. The van der Waals surface area contributed by atoms with E-state index in [0.29, 0.717) is 28.5 Å². The number of hydrogen-bond donors (Lipinski definition) is 1. The largest absolute Gasteiger partial charge is 0.493 e. The van der Waals surface area contributed by atoms with Gasteiger partial charge in [-0.3, -0.25) is 4.79 Å². The highest BCUT2D eigenvalue weighted by molar-refractivity contribution is 6.03. The molecule has 0 radical (unpaired) electrons. The summed E-state index contributed by atoms with van der Waals surface area (Å²) in [6.45, 7) is 0. The zero-order valence-corrected chi connectivity index (χ0v) is 18.4. The number of nitrogens with one attached hydrogen (secondary N) is 1. The molecule has 1 amide bonds. The maximum Gasteiger partial charge on any atom is 0.248 e. The summed E-state index contributed by atoms with van der Waals surface area (Å²) in [5, 5.41) is 2.79. The van der Waals surface area contributed by atoms with Crippen molar-refractivity contribution in [3.63, 3.8) is 0 Å². The fourth-order valence-electron chi connectivity index (χ4n) is 3.10. The van der Waals surface area contributed by atoms with E-state index in [2.05, 4.69) is 5.32 Å². The molecule has 170 valence electrons. The maximum absolute atomic E-state index is 13.3. The first kappa shape index (κ1) is 23.5. The van der Waals surface area contributed by atoms with Gasteiger partial charge >= 0.3 is 0 Å². The van der Waals surface area contributed by atoms with E-state index in [1.807, 2.05) is 36.4 Å². The van der Waals surface area contributed by atoms with Crippen molar-refractivity contribution in [3.8, 4) is 17.2 Å². The molecule has 3 aromatic carbocycles. The van der Waals surface area contributed by atoms with E-state index in [-0.39, 0.29) is 0 Å². The highest BCUT2D eigenvalue weighted by Gasteiger charge is 2.12. The van der Waals surface area contributed by atoms with Crippen LogP contribution in [0.1, 0.15) is 16.7 Å². The number of halogens is 2. The molecule has 0 fully saturated rings. The summed E-state index contributed by atoms with van der Waals surface area (Å²) in [5.41, 5.74) is 2.53. The smallest absolute Gasteiger partial charge is 0.248 e. The van der Waals surface area contributed by atoms with E-state index in [0.717, 1.165) is 23.3 Å². The van der Waals surface area contributed by atoms with Gasteiger partial charge in [-0.25, -0.2) is 8.78 Å². The zero-order valence-electron chi connectivity index (χ0n) is 18.4. The third-order valence-corrected chi connectivity index (χ3v) is 4.73. The summed E-state index contributed by atoms with van der Waals surface area (Å²) in [6.07, 6.45) is 6.36. The van der Waals surface area contributed by atoms with Gasteiger partial charge in [0.15, 0.2) is 23.1 Å². The molecule has 0 atom stereocenters. The monoisotopic (exact) mass is 451 g/mol. The molecule has 0 spiro atoms. The zero-order chi connectivity index (χ0) is 23.8. The van der Waals surface area contributed by atoms with Gasteiger partial charge in [-0.1, -0.05) is 36.4 Å². The maximum atomic E-state index is 13.3. The number of rotatable bonds is 8. The Morgan fingerprint density at radius 2 is 1.48 bits per heavy atom. The van der Waals surface area contributed by atoms with Crippen LogP contribution >= 0.6 is 0 Å². The average molecular weight is 451 g/mol. The van der Waals surface area contributed by atoms with Crippen LogP contribution in [-0.2, 0) is 4.79 Å². The Kier molecular flexibility index (Phi) is 7.81. The minimum atomic E-state index is -0.972. The summed E-state index contributed by atoms with van der Waals surface area (Å²) in [5.74, 6) is -0.767. The number of benzene rings is 3. The summed E-state index contributed by atoms with van der Waals surface area (Å²) >= 11 is 0. The van der Waals surface area contributed by atoms with Gasteiger partial charge in [0.1, 0.15) is 0 Å². The predicted molar refractivity (Wildman–Crippen MR) is 125 cm³/mol. The van der Waals surface area contributed by atoms with Crippen LogP contribution in [0.25, 0.3) is 18.2 Å². The number of carbonyl (C=O) groups is 1. The van der Waals surface area contributed by atoms with Gasteiger partial charge in [-0.05, 0) is 53.1 Å². The lowest BCUT2D eigenvalue weighted by atomic mass is 10.1. The summed E-state index contributed by atoms with van der Waals surface area (Å²) < 4.78 is 42.5. The van der Waals surface area contributed by atoms with E-state index in [1.54, 1.807) is 26.4 Å². The van der Waals surface area contributed by atoms with Gasteiger partial charge in [0.05, 0.1) is 21.3 Å². The van der Waals surface area contributed by atoms with Crippen LogP contribution in [0.2, 0.25) is 0 Å². The molecule has 5 nitrogen and oxygen atoms in total. The van der Waals surface area contributed by atoms with E-state index < -0.39 is 17.5 Å². The lowest BCUT2D eigenvalue weighted by Crippen LogP contribution is -2.08. The first-order chi connectivity index (χ1) is 15.9. The molecule has 0 bridgehead atoms. The van der Waals surface area contributed by atoms with Crippen molar-refractivity contribution >= 4 is 29.8 Å². The molecule has 0 aliphatic carbocycles. The Bertz CT molecular complexity index is 1180. The van der Waals surface area contributed by atoms with Crippen molar-refractivity contribution in [2.75, 3.05) is 26.6 Å². The molecule has 3 rings (SSSR count). The Labute approximate surface area is 190 Å². The fraction of sp³-hybridized carbons (Fsp3) is 0.115. The number of hydrogen-bond acceptors (Lipinski definition) is 4. The minimum absolute atomic E-state index is 0.375. The molecule has 33 heavy (non-hydrogen) atoms. The highest BCUT2D eigenvalue weighted by Crippen LogP contribution is 2.38. The van der Waals surface area contributed by atoms with Gasteiger partial charge in [0.2, 0.25) is 11.7 Å². The van der Waals surface area contributed by atoms with Crippen molar-refractivity contribution < 1.29 is 27.8 Å². The van der Waals surface area contributed by atoms with E-state index in [1.165, 1.54) is 25.3 Å². The van der Waals surface area contributed by atoms with Crippen LogP contribution in [0, 0.1) is 11.6 Å². The molecule has 7 heteroatoms. The van der Waals surface area contributed by atoms with Crippen LogP contribution in [-0.4, -0.2) is 27.2 Å². The molecule has 0 saturated carbocycles. The first-order valence-corrected chi connectivity index (χ1v) is 9.96. The average Bonchev–Trinajstić information content (AvgIpc) is 2.83. The predicted octanol–water partition coefficient (Wildman–Crippen LogP) is 5.81. The highest BCUT2D eigenvalue weighted by atomic mass is 19.2. The Hall–Kier alpha value is -4.13. The van der Waals surface area contributed by atoms with Gasteiger partial charge in [-0.15, -0.1) is 0 Å². The summed E-state index contributed by atoms with van der Waals surface area (Å²) in [7, 11) is 4.63. The standard InChI is InChI=1S/C26H23F2NO4/c1-31-23-15-18(16-24(32-2)26(23)33-3)8-11-19-6-4-5-7-22(19)29-25(30)13-10-17-9-12-20(27)21(28)14-17/h4-16H,1-3H3,(H,29,30)/b11-8+,13-10+. The molecule has 3 aromatic rings. The Morgan fingerprint density at radius 1 is 0.788 bits per heavy atom. The van der Waals surface area contributed by atoms with Gasteiger partial charge < -0.3 is 19.5 Å². The first-order valence-electron chi connectivity index (χ1n) is 9.96. The number of carbonyl (C=O) groups excluding carboxylic acids is 1. The third kappa shape index (κ3) is 5.98. The normalized spacial score (nSPS) is 11.1. The number of methoxy groups -OCH3 is 3. The molecular formula is C26H23F2NO4. The quantitative estimate of drug-likeness (QED) is 0.347. The van der Waals surface area contributed by atoms with Gasteiger partial charge in [-0.2, -0.15) is 0 Å². The van der Waals surface area contributed by atoms with E-state index >= 15 is 0 Å². The summed E-state index contributed by atoms with van der Waals surface area (Å²) in [4.78, 5) is 12.4. The Balaban J connectivity index is 1.79. The molecule has 0 saturated heterocycles. The second kappa shape index (κ2) is 10.9. The van der Waals surface area contributed by atoms with Crippen molar-refractivity contribution in [1.82, 2.24) is 0 Å². The number of amides is 1. The molecular weight excluding hydrogens is 428 g/mol. The Morgan fingerprint density at radius 3 is 2.12 bits per heavy atom. The van der Waals surface area contributed by atoms with Crippen LogP contribution < -0.4 is 19.5 Å². The lowest BCUT2D eigenvalue weighted by Gasteiger charge is -2.13. The lowest BCUT2D eigenvalue weighted by molar-refractivity contribution is -0.111. The van der Waals surface area contributed by atoms with Gasteiger partial charge in [0.25, 0.3) is 0 Å². The molecule has 0 unspecified atom stereocenters. The molecule has 0 aliphatic heterocycles. The van der Waals surface area contributed by atoms with Crippen molar-refractivity contribution in [3.05, 3.63) is 89.0 Å². The molecule has 0 heterocycles. The fourth-order valence-corrected chi connectivity index (χ4v) is 3.10. The van der Waals surface area contributed by atoms with Crippen LogP contribution in [0.15, 0.2) is 60.7 Å². The van der Waals surface area contributed by atoms with Gasteiger partial charge in [0, 0.05) is 11.8 Å². The van der Waals surface area contributed by atoms with Crippen LogP contribution in [0.3, 0.4) is 0 Å².